The number of benzene rings is 1. The molecule has 116 valence electrons. The first-order valence-electron chi connectivity index (χ1n) is 7.39. The first-order chi connectivity index (χ1) is 11.2. The number of anilines is 1. The Morgan fingerprint density at radius 1 is 1.04 bits per heavy atom. The number of H-pyrrole nitrogens is 1. The number of rotatable bonds is 2. The number of pyridine rings is 1. The molecule has 0 atom stereocenters. The van der Waals surface area contributed by atoms with E-state index in [0.717, 1.165) is 39.7 Å². The van der Waals surface area contributed by atoms with Crippen molar-refractivity contribution in [3.8, 4) is 34.0 Å². The highest BCUT2D eigenvalue weighted by molar-refractivity contribution is 5.80. The van der Waals surface area contributed by atoms with Gasteiger partial charge in [0.25, 0.3) is 0 Å². The molecule has 3 N–H and O–H groups in total. The normalized spacial score (nSPS) is 13.1. The van der Waals surface area contributed by atoms with E-state index in [2.05, 4.69) is 15.0 Å². The van der Waals surface area contributed by atoms with Gasteiger partial charge >= 0.3 is 0 Å². The fourth-order valence-electron chi connectivity index (χ4n) is 2.70. The Kier molecular flexibility index (Phi) is 3.15. The zero-order chi connectivity index (χ0) is 15.8. The molecule has 3 aromatic rings. The van der Waals surface area contributed by atoms with Crippen molar-refractivity contribution in [2.75, 3.05) is 18.9 Å². The summed E-state index contributed by atoms with van der Waals surface area (Å²) in [6, 6.07) is 9.72. The van der Waals surface area contributed by atoms with Gasteiger partial charge in [0, 0.05) is 23.0 Å². The summed E-state index contributed by atoms with van der Waals surface area (Å²) >= 11 is 0. The van der Waals surface area contributed by atoms with Crippen LogP contribution in [0.4, 0.5) is 5.95 Å². The summed E-state index contributed by atoms with van der Waals surface area (Å²) in [6.45, 7) is 3.08. The molecule has 0 unspecified atom stereocenters. The number of hydrogen-bond donors (Lipinski definition) is 2. The van der Waals surface area contributed by atoms with Crippen LogP contribution in [0, 0.1) is 6.92 Å². The van der Waals surface area contributed by atoms with Gasteiger partial charge in [0.2, 0.25) is 0 Å². The second-order valence-electron chi connectivity index (χ2n) is 5.39. The Balaban J connectivity index is 1.83. The Hall–Kier alpha value is -3.02. The van der Waals surface area contributed by atoms with Crippen molar-refractivity contribution < 1.29 is 9.47 Å². The third-order valence-corrected chi connectivity index (χ3v) is 3.72. The number of nitrogens with zero attached hydrogens (tertiary/aromatic N) is 2. The molecule has 23 heavy (non-hydrogen) atoms. The minimum atomic E-state index is 0.374. The maximum absolute atomic E-state index is 5.89. The number of aromatic amines is 1. The molecule has 1 aliphatic heterocycles. The van der Waals surface area contributed by atoms with Gasteiger partial charge in [-0.1, -0.05) is 0 Å². The van der Waals surface area contributed by atoms with Crippen molar-refractivity contribution in [1.82, 2.24) is 15.0 Å². The number of nitrogens with one attached hydrogen (secondary N) is 1. The number of hydrogen-bond acceptors (Lipinski definition) is 5. The van der Waals surface area contributed by atoms with Crippen LogP contribution in [-0.4, -0.2) is 28.2 Å². The van der Waals surface area contributed by atoms with Crippen LogP contribution in [0.1, 0.15) is 5.69 Å². The molecule has 0 amide bonds. The number of fused-ring (bicyclic) bond motifs is 1. The fourth-order valence-corrected chi connectivity index (χ4v) is 2.70. The van der Waals surface area contributed by atoms with Gasteiger partial charge < -0.3 is 20.2 Å². The molecule has 1 aromatic carbocycles. The summed E-state index contributed by atoms with van der Waals surface area (Å²) in [5, 5.41) is 0. The first kappa shape index (κ1) is 13.6. The standard InChI is InChI=1S/C17H16N4O2/c1-10-8-12(4-5-19-10)16-15(20-17(18)21-16)11-2-3-13-14(9-11)23-7-6-22-13/h2-5,8-9H,6-7H2,1H3,(H3,18,20,21). The minimum Gasteiger partial charge on any atom is -0.486 e. The number of imidazole rings is 1. The van der Waals surface area contributed by atoms with Crippen molar-refractivity contribution in [3.05, 3.63) is 42.2 Å². The topological polar surface area (TPSA) is 86.1 Å². The lowest BCUT2D eigenvalue weighted by molar-refractivity contribution is 0.171. The van der Waals surface area contributed by atoms with Gasteiger partial charge in [-0.2, -0.15) is 0 Å². The highest BCUT2D eigenvalue weighted by Crippen LogP contribution is 2.37. The van der Waals surface area contributed by atoms with Gasteiger partial charge in [-0.15, -0.1) is 0 Å². The van der Waals surface area contributed by atoms with Crippen molar-refractivity contribution in [3.63, 3.8) is 0 Å². The molecule has 0 saturated carbocycles. The molecule has 2 aromatic heterocycles. The monoisotopic (exact) mass is 308 g/mol. The number of nitrogen functional groups attached to an aromatic ring is 1. The Bertz CT molecular complexity index is 873. The third kappa shape index (κ3) is 2.48. The van der Waals surface area contributed by atoms with Crippen LogP contribution >= 0.6 is 0 Å². The van der Waals surface area contributed by atoms with Crippen LogP contribution < -0.4 is 15.2 Å². The summed E-state index contributed by atoms with van der Waals surface area (Å²) < 4.78 is 11.2. The molecule has 1 aliphatic rings. The average Bonchev–Trinajstić information content (AvgIpc) is 2.96. The lowest BCUT2D eigenvalue weighted by Crippen LogP contribution is -2.15. The largest absolute Gasteiger partial charge is 0.486 e. The van der Waals surface area contributed by atoms with Crippen LogP contribution in [0.5, 0.6) is 11.5 Å². The molecule has 0 radical (unpaired) electrons. The molecule has 0 aliphatic carbocycles. The smallest absolute Gasteiger partial charge is 0.198 e. The number of ether oxygens (including phenoxy) is 2. The van der Waals surface area contributed by atoms with Crippen molar-refractivity contribution in [1.29, 1.82) is 0 Å². The second-order valence-corrected chi connectivity index (χ2v) is 5.39. The molecule has 6 heteroatoms. The zero-order valence-corrected chi connectivity index (χ0v) is 12.7. The number of aryl methyl sites for hydroxylation is 1. The summed E-state index contributed by atoms with van der Waals surface area (Å²) in [6.07, 6.45) is 1.77. The van der Waals surface area contributed by atoms with E-state index in [9.17, 15) is 0 Å². The summed E-state index contributed by atoms with van der Waals surface area (Å²) in [4.78, 5) is 11.8. The molecule has 0 bridgehead atoms. The molecule has 0 spiro atoms. The first-order valence-corrected chi connectivity index (χ1v) is 7.39. The third-order valence-electron chi connectivity index (χ3n) is 3.72. The molecular formula is C17H16N4O2. The highest BCUT2D eigenvalue weighted by atomic mass is 16.6. The molecule has 0 saturated heterocycles. The van der Waals surface area contributed by atoms with E-state index in [0.29, 0.717) is 19.2 Å². The molecule has 4 rings (SSSR count). The predicted molar refractivity (Wildman–Crippen MR) is 87.4 cm³/mol. The van der Waals surface area contributed by atoms with E-state index < -0.39 is 0 Å². The van der Waals surface area contributed by atoms with E-state index >= 15 is 0 Å². The number of aromatic nitrogens is 3. The van der Waals surface area contributed by atoms with Gasteiger partial charge in [-0.05, 0) is 37.3 Å². The molecule has 0 fully saturated rings. The van der Waals surface area contributed by atoms with E-state index in [1.54, 1.807) is 6.20 Å². The summed E-state index contributed by atoms with van der Waals surface area (Å²) in [5.41, 5.74) is 10.4. The van der Waals surface area contributed by atoms with Crippen molar-refractivity contribution in [2.24, 2.45) is 0 Å². The van der Waals surface area contributed by atoms with Gasteiger partial charge in [-0.3, -0.25) is 4.98 Å². The second kappa shape index (κ2) is 5.31. The van der Waals surface area contributed by atoms with Crippen molar-refractivity contribution in [2.45, 2.75) is 6.92 Å². The van der Waals surface area contributed by atoms with Crippen molar-refractivity contribution >= 4 is 5.95 Å². The van der Waals surface area contributed by atoms with Gasteiger partial charge in [0.15, 0.2) is 17.4 Å². The zero-order valence-electron chi connectivity index (χ0n) is 12.7. The van der Waals surface area contributed by atoms with E-state index in [-0.39, 0.29) is 0 Å². The minimum absolute atomic E-state index is 0.374. The Morgan fingerprint density at radius 3 is 2.70 bits per heavy atom. The van der Waals surface area contributed by atoms with Crippen LogP contribution in [0.25, 0.3) is 22.5 Å². The van der Waals surface area contributed by atoms with Crippen LogP contribution in [0.2, 0.25) is 0 Å². The molecular weight excluding hydrogens is 292 g/mol. The van der Waals surface area contributed by atoms with Gasteiger partial charge in [0.05, 0.1) is 11.4 Å². The van der Waals surface area contributed by atoms with Crippen LogP contribution in [0.3, 0.4) is 0 Å². The lowest BCUT2D eigenvalue weighted by atomic mass is 10.0. The van der Waals surface area contributed by atoms with Crippen LogP contribution in [-0.2, 0) is 0 Å². The number of nitrogens with two attached hydrogens (primary N) is 1. The summed E-state index contributed by atoms with van der Waals surface area (Å²) in [7, 11) is 0. The molecule has 6 nitrogen and oxygen atoms in total. The quantitative estimate of drug-likeness (QED) is 0.760. The van der Waals surface area contributed by atoms with E-state index in [4.69, 9.17) is 15.2 Å². The Morgan fingerprint density at radius 2 is 1.87 bits per heavy atom. The van der Waals surface area contributed by atoms with Crippen LogP contribution in [0.15, 0.2) is 36.5 Å². The summed E-state index contributed by atoms with van der Waals surface area (Å²) in [5.74, 6) is 1.86. The maximum atomic E-state index is 5.89. The lowest BCUT2D eigenvalue weighted by Gasteiger charge is -2.18. The maximum Gasteiger partial charge on any atom is 0.198 e. The average molecular weight is 308 g/mol. The SMILES string of the molecule is Cc1cc(-c2[nH]c(N)nc2-c2ccc3c(c2)OCCO3)ccn1. The Labute approximate surface area is 133 Å². The van der Waals surface area contributed by atoms with E-state index in [1.165, 1.54) is 0 Å². The molecule has 3 heterocycles. The van der Waals surface area contributed by atoms with Gasteiger partial charge in [0.1, 0.15) is 13.2 Å². The predicted octanol–water partition coefficient (Wildman–Crippen LogP) is 2.80. The fraction of sp³-hybridized carbons (Fsp3) is 0.176. The highest BCUT2D eigenvalue weighted by Gasteiger charge is 2.17. The van der Waals surface area contributed by atoms with Gasteiger partial charge in [-0.25, -0.2) is 4.98 Å². The van der Waals surface area contributed by atoms with E-state index in [1.807, 2.05) is 37.3 Å².